The van der Waals surface area contributed by atoms with E-state index in [4.69, 9.17) is 37.0 Å². The van der Waals surface area contributed by atoms with Crippen LogP contribution in [0.1, 0.15) is 272 Å². The van der Waals surface area contributed by atoms with Gasteiger partial charge in [0.2, 0.25) is 0 Å². The molecule has 0 saturated heterocycles. The molecule has 0 fully saturated rings. The van der Waals surface area contributed by atoms with Gasteiger partial charge in [0.25, 0.3) is 0 Å². The summed E-state index contributed by atoms with van der Waals surface area (Å²) >= 11 is 0. The summed E-state index contributed by atoms with van der Waals surface area (Å²) in [5.74, 6) is -2.37. The van der Waals surface area contributed by atoms with Crippen molar-refractivity contribution in [3.63, 3.8) is 0 Å². The molecule has 0 radical (unpaired) electrons. The SMILES string of the molecule is CC/C=C\C/C=C\C/C=C\C/C=C\C/C=C\CC(=O)OCC(COP(=O)(O)OCC(O)COP(=O)(O)OCC(COC(=O)CCCCCCC/C=C\C/C=C\C/C=C\CC)OC(=O)CCCCCCC/C=C\CCCCCC)OC(=O)CCCCCCC/C=C\CCCC. The second-order valence-corrected chi connectivity index (χ2v) is 26.3. The zero-order valence-electron chi connectivity index (χ0n) is 58.3. The molecule has 538 valence electrons. The maximum absolute atomic E-state index is 13.0. The average molecular weight is 1360 g/mol. The Morgan fingerprint density at radius 2 is 0.606 bits per heavy atom. The Bertz CT molecular complexity index is 2270. The smallest absolute Gasteiger partial charge is 0.462 e. The molecule has 0 aromatic carbocycles. The molecule has 19 heteroatoms. The third kappa shape index (κ3) is 66.1. The van der Waals surface area contributed by atoms with Crippen LogP contribution in [0.15, 0.2) is 122 Å². The number of esters is 4. The number of rotatable bonds is 66. The molecule has 0 bridgehead atoms. The largest absolute Gasteiger partial charge is 0.472 e. The van der Waals surface area contributed by atoms with Crippen molar-refractivity contribution in [1.29, 1.82) is 0 Å². The highest BCUT2D eigenvalue weighted by atomic mass is 31.2. The standard InChI is InChI=1S/C75H126O17P2/c1-5-9-13-17-21-25-29-32-34-37-40-43-47-51-55-59-72(77)85-65-70(91-74(79)61-57-53-49-45-39-28-24-20-16-12-8-4)67-89-93(81,82)87-63-69(76)64-88-94(83,84)90-68-71(92-75(80)62-58-54-50-46-42-36-31-27-23-19-15-11-7-3)66-86-73(78)60-56-52-48-44-41-38-35-33-30-26-22-18-14-10-6-2/h9-10,13-14,20-22,24-27,31-35,40,43,51,55,69-71,76H,5-8,11-12,15-19,23,28-30,36-39,41-42,44-50,52-54,56-68H2,1-4H3,(H,81,82)(H,83,84)/b13-9-,14-10-,24-20-,25-21-,26-22-,31-27-,34-32-,35-33-,43-40-,55-51-. The van der Waals surface area contributed by atoms with Gasteiger partial charge in [0.05, 0.1) is 32.8 Å². The molecule has 0 aromatic rings. The van der Waals surface area contributed by atoms with E-state index in [1.165, 1.54) is 38.5 Å². The minimum absolute atomic E-state index is 0.0625. The first-order valence-electron chi connectivity index (χ1n) is 35.8. The Morgan fingerprint density at radius 3 is 0.989 bits per heavy atom. The van der Waals surface area contributed by atoms with E-state index >= 15 is 0 Å². The number of phosphoric acid groups is 2. The molecule has 17 nitrogen and oxygen atoms in total. The lowest BCUT2D eigenvalue weighted by molar-refractivity contribution is -0.161. The van der Waals surface area contributed by atoms with Crippen LogP contribution >= 0.6 is 15.6 Å². The molecule has 0 aliphatic heterocycles. The average Bonchev–Trinajstić information content (AvgIpc) is 1.35. The van der Waals surface area contributed by atoms with Gasteiger partial charge in [0, 0.05) is 19.3 Å². The van der Waals surface area contributed by atoms with E-state index in [0.29, 0.717) is 25.7 Å². The number of carbonyl (C=O) groups is 4. The van der Waals surface area contributed by atoms with E-state index in [1.54, 1.807) is 6.08 Å². The van der Waals surface area contributed by atoms with Crippen LogP contribution < -0.4 is 0 Å². The van der Waals surface area contributed by atoms with Crippen molar-refractivity contribution in [2.45, 2.75) is 290 Å². The topological polar surface area (TPSA) is 237 Å². The fraction of sp³-hybridized carbons (Fsp3) is 0.680. The number of hydrogen-bond donors (Lipinski definition) is 3. The lowest BCUT2D eigenvalue weighted by Gasteiger charge is -2.21. The van der Waals surface area contributed by atoms with E-state index in [-0.39, 0.29) is 25.7 Å². The molecular formula is C75H126O17P2. The van der Waals surface area contributed by atoms with Crippen LogP contribution in [0.2, 0.25) is 0 Å². The molecule has 0 amide bonds. The predicted molar refractivity (Wildman–Crippen MR) is 381 cm³/mol. The number of unbranched alkanes of at least 4 members (excludes halogenated alkanes) is 21. The van der Waals surface area contributed by atoms with Gasteiger partial charge in [0.1, 0.15) is 19.3 Å². The summed E-state index contributed by atoms with van der Waals surface area (Å²) in [7, 11) is -9.97. The molecule has 5 atom stereocenters. The Kier molecular flexibility index (Phi) is 63.8. The zero-order chi connectivity index (χ0) is 69.0. The monoisotopic (exact) mass is 1360 g/mol. The highest BCUT2D eigenvalue weighted by Crippen LogP contribution is 2.45. The van der Waals surface area contributed by atoms with Crippen LogP contribution in [0.4, 0.5) is 0 Å². The van der Waals surface area contributed by atoms with Crippen molar-refractivity contribution < 1.29 is 80.2 Å². The van der Waals surface area contributed by atoms with Crippen LogP contribution in [0.3, 0.4) is 0 Å². The van der Waals surface area contributed by atoms with Gasteiger partial charge in [-0.05, 0) is 128 Å². The van der Waals surface area contributed by atoms with E-state index < -0.39 is 97.5 Å². The Balaban J connectivity index is 5.41. The molecule has 0 aliphatic rings. The summed E-state index contributed by atoms with van der Waals surface area (Å²) in [6.07, 6.45) is 71.0. The van der Waals surface area contributed by atoms with Gasteiger partial charge >= 0.3 is 39.5 Å². The summed E-state index contributed by atoms with van der Waals surface area (Å²) in [4.78, 5) is 72.5. The van der Waals surface area contributed by atoms with Crippen molar-refractivity contribution in [1.82, 2.24) is 0 Å². The minimum atomic E-state index is -4.99. The first-order valence-corrected chi connectivity index (χ1v) is 38.8. The van der Waals surface area contributed by atoms with Crippen LogP contribution in [0.25, 0.3) is 0 Å². The highest BCUT2D eigenvalue weighted by molar-refractivity contribution is 7.47. The maximum atomic E-state index is 13.0. The molecule has 0 aliphatic carbocycles. The molecule has 0 rings (SSSR count). The number of aliphatic hydroxyl groups excluding tert-OH is 1. The van der Waals surface area contributed by atoms with Crippen LogP contribution in [0.5, 0.6) is 0 Å². The van der Waals surface area contributed by atoms with Gasteiger partial charge in [-0.15, -0.1) is 0 Å². The maximum Gasteiger partial charge on any atom is 0.472 e. The van der Waals surface area contributed by atoms with E-state index in [0.717, 1.165) is 154 Å². The van der Waals surface area contributed by atoms with E-state index in [2.05, 4.69) is 125 Å². The first kappa shape index (κ1) is 89.5. The Morgan fingerprint density at radius 1 is 0.319 bits per heavy atom. The Hall–Kier alpha value is -4.54. The van der Waals surface area contributed by atoms with E-state index in [9.17, 15) is 43.2 Å². The van der Waals surface area contributed by atoms with Crippen LogP contribution in [-0.2, 0) is 65.4 Å². The fourth-order valence-electron chi connectivity index (χ4n) is 8.99. The van der Waals surface area contributed by atoms with E-state index in [1.807, 2.05) is 18.2 Å². The van der Waals surface area contributed by atoms with Gasteiger partial charge in [-0.1, -0.05) is 239 Å². The fourth-order valence-corrected chi connectivity index (χ4v) is 10.6. The van der Waals surface area contributed by atoms with Crippen LogP contribution in [-0.4, -0.2) is 96.7 Å². The zero-order valence-corrected chi connectivity index (χ0v) is 60.1. The van der Waals surface area contributed by atoms with Crippen molar-refractivity contribution in [2.24, 2.45) is 0 Å². The van der Waals surface area contributed by atoms with Gasteiger partial charge < -0.3 is 33.8 Å². The highest BCUT2D eigenvalue weighted by Gasteiger charge is 2.30. The van der Waals surface area contributed by atoms with Crippen molar-refractivity contribution >= 4 is 39.5 Å². The first-order chi connectivity index (χ1) is 45.7. The number of aliphatic hydroxyl groups is 1. The normalized spacial score (nSPS) is 14.8. The summed E-state index contributed by atoms with van der Waals surface area (Å²) in [6.45, 7) is 4.41. The number of ether oxygens (including phenoxy) is 4. The number of phosphoric ester groups is 2. The van der Waals surface area contributed by atoms with Gasteiger partial charge in [-0.25, -0.2) is 9.13 Å². The molecule has 0 saturated carbocycles. The molecule has 0 heterocycles. The molecule has 94 heavy (non-hydrogen) atoms. The van der Waals surface area contributed by atoms with Gasteiger partial charge in [-0.3, -0.25) is 37.3 Å². The minimum Gasteiger partial charge on any atom is -0.462 e. The third-order valence-corrected chi connectivity index (χ3v) is 16.3. The molecule has 3 N–H and O–H groups in total. The van der Waals surface area contributed by atoms with Crippen LogP contribution in [0, 0.1) is 0 Å². The predicted octanol–water partition coefficient (Wildman–Crippen LogP) is 20.0. The number of carbonyl (C=O) groups excluding carboxylic acids is 4. The quantitative estimate of drug-likeness (QED) is 0.0169. The molecule has 0 spiro atoms. The number of allylic oxidation sites excluding steroid dienone is 19. The second kappa shape index (κ2) is 67.0. The number of hydrogen-bond acceptors (Lipinski definition) is 15. The molecular weight excluding hydrogens is 1230 g/mol. The van der Waals surface area contributed by atoms with Crippen molar-refractivity contribution in [3.8, 4) is 0 Å². The van der Waals surface area contributed by atoms with Crippen molar-refractivity contribution in [2.75, 3.05) is 39.6 Å². The third-order valence-electron chi connectivity index (χ3n) is 14.4. The van der Waals surface area contributed by atoms with Gasteiger partial charge in [-0.2, -0.15) is 0 Å². The summed E-state index contributed by atoms with van der Waals surface area (Å²) in [5, 5.41) is 10.6. The summed E-state index contributed by atoms with van der Waals surface area (Å²) in [5.41, 5.74) is 0. The summed E-state index contributed by atoms with van der Waals surface area (Å²) in [6, 6.07) is 0. The second-order valence-electron chi connectivity index (χ2n) is 23.4. The Labute approximate surface area is 568 Å². The van der Waals surface area contributed by atoms with Gasteiger partial charge in [0.15, 0.2) is 12.2 Å². The molecule has 0 aromatic heterocycles. The lowest BCUT2D eigenvalue weighted by atomic mass is 10.1. The summed E-state index contributed by atoms with van der Waals surface area (Å²) < 4.78 is 68.1. The molecule has 5 unspecified atom stereocenters. The lowest BCUT2D eigenvalue weighted by Crippen LogP contribution is -2.30. The van der Waals surface area contributed by atoms with Crippen molar-refractivity contribution in [3.05, 3.63) is 122 Å².